The van der Waals surface area contributed by atoms with Crippen LogP contribution in [-0.4, -0.2) is 45.7 Å². The van der Waals surface area contributed by atoms with Crippen molar-refractivity contribution in [2.24, 2.45) is 0 Å². The molecule has 2 rings (SSSR count). The number of hydrogen-bond donors (Lipinski definition) is 1. The molecular formula is C13H18N2O4S. The fourth-order valence-electron chi connectivity index (χ4n) is 2.17. The van der Waals surface area contributed by atoms with Gasteiger partial charge in [0, 0.05) is 23.7 Å². The van der Waals surface area contributed by atoms with E-state index < -0.39 is 9.84 Å². The average molecular weight is 298 g/mol. The van der Waals surface area contributed by atoms with Gasteiger partial charge in [-0.1, -0.05) is 6.07 Å². The monoisotopic (exact) mass is 298 g/mol. The highest BCUT2D eigenvalue weighted by atomic mass is 32.2. The quantitative estimate of drug-likeness (QED) is 0.891. The van der Waals surface area contributed by atoms with Crippen LogP contribution in [0.1, 0.15) is 6.92 Å². The van der Waals surface area contributed by atoms with Crippen molar-refractivity contribution >= 4 is 27.3 Å². The van der Waals surface area contributed by atoms with Crippen LogP contribution in [-0.2, 0) is 14.6 Å². The molecule has 0 bridgehead atoms. The first kappa shape index (κ1) is 14.6. The van der Waals surface area contributed by atoms with Crippen LogP contribution >= 0.6 is 0 Å². The number of nitrogens with zero attached hydrogens (tertiary/aromatic N) is 1. The highest BCUT2D eigenvalue weighted by Crippen LogP contribution is 2.22. The molecule has 20 heavy (non-hydrogen) atoms. The van der Waals surface area contributed by atoms with Crippen molar-refractivity contribution in [2.45, 2.75) is 13.0 Å². The number of carbonyl (C=O) groups is 1. The summed E-state index contributed by atoms with van der Waals surface area (Å²) >= 11 is 0. The standard InChI is InChI=1S/C13H18N2O4S/c1-10(9-20(2,17)18)14-11-4-3-5-12(8-11)15-6-7-19-13(15)16/h3-5,8,10,14H,6-7,9H2,1-2H3. The number of nitrogens with one attached hydrogen (secondary N) is 1. The van der Waals surface area contributed by atoms with Crippen molar-refractivity contribution in [2.75, 3.05) is 35.4 Å². The van der Waals surface area contributed by atoms with E-state index in [1.54, 1.807) is 11.8 Å². The fourth-order valence-corrected chi connectivity index (χ4v) is 3.16. The molecule has 0 spiro atoms. The Kier molecular flexibility index (Phi) is 4.17. The second-order valence-corrected chi connectivity index (χ2v) is 7.14. The molecule has 1 atom stereocenters. The van der Waals surface area contributed by atoms with Crippen molar-refractivity contribution in [3.63, 3.8) is 0 Å². The normalized spacial score (nSPS) is 16.9. The van der Waals surface area contributed by atoms with Gasteiger partial charge >= 0.3 is 6.09 Å². The minimum absolute atomic E-state index is 0.0585. The van der Waals surface area contributed by atoms with Gasteiger partial charge in [0.15, 0.2) is 0 Å². The maximum absolute atomic E-state index is 11.5. The van der Waals surface area contributed by atoms with Crippen LogP contribution in [0, 0.1) is 0 Å². The van der Waals surface area contributed by atoms with Crippen LogP contribution in [0.2, 0.25) is 0 Å². The van der Waals surface area contributed by atoms with Gasteiger partial charge in [-0.2, -0.15) is 0 Å². The lowest BCUT2D eigenvalue weighted by Gasteiger charge is -2.17. The summed E-state index contributed by atoms with van der Waals surface area (Å²) in [6.07, 6.45) is 0.855. The predicted molar refractivity (Wildman–Crippen MR) is 77.9 cm³/mol. The summed E-state index contributed by atoms with van der Waals surface area (Å²) in [6, 6.07) is 7.08. The second-order valence-electron chi connectivity index (χ2n) is 4.95. The van der Waals surface area contributed by atoms with E-state index in [-0.39, 0.29) is 17.9 Å². The third-order valence-electron chi connectivity index (χ3n) is 2.88. The zero-order valence-corrected chi connectivity index (χ0v) is 12.3. The van der Waals surface area contributed by atoms with E-state index in [1.807, 2.05) is 24.3 Å². The molecule has 1 amide bonds. The molecule has 0 aliphatic carbocycles. The van der Waals surface area contributed by atoms with Crippen molar-refractivity contribution < 1.29 is 17.9 Å². The molecule has 1 fully saturated rings. The number of carbonyl (C=O) groups excluding carboxylic acids is 1. The topological polar surface area (TPSA) is 75.7 Å². The molecule has 1 aliphatic rings. The van der Waals surface area contributed by atoms with Gasteiger partial charge in [-0.25, -0.2) is 13.2 Å². The van der Waals surface area contributed by atoms with Gasteiger partial charge in [0.2, 0.25) is 0 Å². The molecule has 110 valence electrons. The average Bonchev–Trinajstić information content (AvgIpc) is 2.73. The first-order chi connectivity index (χ1) is 9.35. The smallest absolute Gasteiger partial charge is 0.414 e. The molecule has 0 saturated carbocycles. The number of rotatable bonds is 5. The molecule has 1 unspecified atom stereocenters. The molecular weight excluding hydrogens is 280 g/mol. The Bertz CT molecular complexity index is 600. The Labute approximate surface area is 118 Å². The maximum Gasteiger partial charge on any atom is 0.414 e. The van der Waals surface area contributed by atoms with Crippen molar-refractivity contribution in [3.8, 4) is 0 Å². The van der Waals surface area contributed by atoms with E-state index in [2.05, 4.69) is 5.32 Å². The van der Waals surface area contributed by atoms with Gasteiger partial charge < -0.3 is 10.1 Å². The van der Waals surface area contributed by atoms with E-state index in [0.29, 0.717) is 13.2 Å². The zero-order valence-electron chi connectivity index (χ0n) is 11.5. The first-order valence-corrected chi connectivity index (χ1v) is 8.40. The fraction of sp³-hybridized carbons (Fsp3) is 0.462. The summed E-state index contributed by atoms with van der Waals surface area (Å²) < 4.78 is 27.4. The second kappa shape index (κ2) is 5.70. The van der Waals surface area contributed by atoms with E-state index in [4.69, 9.17) is 4.74 Å². The van der Waals surface area contributed by atoms with Gasteiger partial charge in [-0.05, 0) is 25.1 Å². The van der Waals surface area contributed by atoms with Crippen LogP contribution in [0.3, 0.4) is 0 Å². The number of sulfone groups is 1. The summed E-state index contributed by atoms with van der Waals surface area (Å²) in [7, 11) is -3.03. The van der Waals surface area contributed by atoms with Crippen molar-refractivity contribution in [1.82, 2.24) is 0 Å². The highest BCUT2D eigenvalue weighted by molar-refractivity contribution is 7.90. The molecule has 1 aromatic rings. The summed E-state index contributed by atoms with van der Waals surface area (Å²) in [5.74, 6) is 0.0585. The minimum atomic E-state index is -3.03. The van der Waals surface area contributed by atoms with Crippen LogP contribution in [0.15, 0.2) is 24.3 Å². The minimum Gasteiger partial charge on any atom is -0.447 e. The molecule has 1 heterocycles. The van der Waals surface area contributed by atoms with Crippen LogP contribution in [0.4, 0.5) is 16.2 Å². The SMILES string of the molecule is CC(CS(C)(=O)=O)Nc1cccc(N2CCOC2=O)c1. The van der Waals surface area contributed by atoms with E-state index >= 15 is 0 Å². The van der Waals surface area contributed by atoms with E-state index in [9.17, 15) is 13.2 Å². The summed E-state index contributed by atoms with van der Waals surface area (Å²) in [4.78, 5) is 13.0. The molecule has 1 aromatic carbocycles. The molecule has 7 heteroatoms. The number of ether oxygens (including phenoxy) is 1. The Morgan fingerprint density at radius 3 is 2.80 bits per heavy atom. The molecule has 0 radical (unpaired) electrons. The Hall–Kier alpha value is -1.76. The van der Waals surface area contributed by atoms with Crippen molar-refractivity contribution in [3.05, 3.63) is 24.3 Å². The highest BCUT2D eigenvalue weighted by Gasteiger charge is 2.23. The maximum atomic E-state index is 11.5. The largest absolute Gasteiger partial charge is 0.447 e. The van der Waals surface area contributed by atoms with E-state index in [1.165, 1.54) is 6.26 Å². The van der Waals surface area contributed by atoms with E-state index in [0.717, 1.165) is 11.4 Å². The lowest BCUT2D eigenvalue weighted by Crippen LogP contribution is -2.26. The predicted octanol–water partition coefficient (Wildman–Crippen LogP) is 1.49. The summed E-state index contributed by atoms with van der Waals surface area (Å²) in [5, 5.41) is 3.12. The summed E-state index contributed by atoms with van der Waals surface area (Å²) in [6.45, 7) is 2.72. The third-order valence-corrected chi connectivity index (χ3v) is 3.99. The summed E-state index contributed by atoms with van der Waals surface area (Å²) in [5.41, 5.74) is 1.52. The number of benzene rings is 1. The lowest BCUT2D eigenvalue weighted by molar-refractivity contribution is 0.181. The van der Waals surface area contributed by atoms with Crippen molar-refractivity contribution in [1.29, 1.82) is 0 Å². The molecule has 0 aromatic heterocycles. The van der Waals surface area contributed by atoms with Gasteiger partial charge in [0.1, 0.15) is 16.4 Å². The van der Waals surface area contributed by atoms with Gasteiger partial charge in [-0.3, -0.25) is 4.90 Å². The Balaban J connectivity index is 2.08. The van der Waals surface area contributed by atoms with Crippen LogP contribution in [0.25, 0.3) is 0 Å². The van der Waals surface area contributed by atoms with Gasteiger partial charge in [0.05, 0.1) is 12.3 Å². The zero-order chi connectivity index (χ0) is 14.8. The van der Waals surface area contributed by atoms with Crippen LogP contribution < -0.4 is 10.2 Å². The molecule has 1 N–H and O–H groups in total. The Morgan fingerprint density at radius 2 is 2.20 bits per heavy atom. The molecule has 1 aliphatic heterocycles. The molecule has 6 nitrogen and oxygen atoms in total. The number of hydrogen-bond acceptors (Lipinski definition) is 5. The third kappa shape index (κ3) is 3.86. The number of anilines is 2. The lowest BCUT2D eigenvalue weighted by atomic mass is 10.2. The van der Waals surface area contributed by atoms with Gasteiger partial charge in [-0.15, -0.1) is 0 Å². The van der Waals surface area contributed by atoms with Crippen LogP contribution in [0.5, 0.6) is 0 Å². The van der Waals surface area contributed by atoms with Gasteiger partial charge in [0.25, 0.3) is 0 Å². The first-order valence-electron chi connectivity index (χ1n) is 6.34. The number of cyclic esters (lactones) is 1. The Morgan fingerprint density at radius 1 is 1.45 bits per heavy atom. The molecule has 1 saturated heterocycles. The number of amides is 1.